The van der Waals surface area contributed by atoms with Gasteiger partial charge in [0.05, 0.1) is 14.7 Å². The average Bonchev–Trinajstić information content (AvgIpc) is 2.18. The van der Waals surface area contributed by atoms with Gasteiger partial charge in [0.15, 0.2) is 11.5 Å². The molecular formula is C13H20O3Si. The third-order valence-electron chi connectivity index (χ3n) is 2.33. The molecule has 4 heteroatoms. The van der Waals surface area contributed by atoms with Crippen molar-refractivity contribution in [2.75, 3.05) is 6.61 Å². The van der Waals surface area contributed by atoms with Gasteiger partial charge in [-0.3, -0.25) is 4.79 Å². The first-order valence-corrected chi connectivity index (χ1v) is 9.31. The Labute approximate surface area is 104 Å². The van der Waals surface area contributed by atoms with Gasteiger partial charge in [-0.05, 0) is 18.2 Å². The van der Waals surface area contributed by atoms with Crippen molar-refractivity contribution < 1.29 is 14.3 Å². The van der Waals surface area contributed by atoms with Gasteiger partial charge >= 0.3 is 5.97 Å². The summed E-state index contributed by atoms with van der Waals surface area (Å²) in [4.78, 5) is 11.1. The molecule has 0 amide bonds. The lowest BCUT2D eigenvalue weighted by Crippen LogP contribution is -2.38. The highest BCUT2D eigenvalue weighted by Gasteiger charge is 2.24. The Balaban J connectivity index is 3.26. The second-order valence-corrected chi connectivity index (χ2v) is 9.95. The van der Waals surface area contributed by atoms with Crippen LogP contribution in [-0.2, 0) is 4.79 Å². The lowest BCUT2D eigenvalue weighted by molar-refractivity contribution is -0.132. The number of hydrogen-bond acceptors (Lipinski definition) is 3. The lowest BCUT2D eigenvalue weighted by atomic mass is 10.3. The number of rotatable bonds is 4. The van der Waals surface area contributed by atoms with E-state index in [4.69, 9.17) is 9.47 Å². The highest BCUT2D eigenvalue weighted by Crippen LogP contribution is 2.27. The first-order valence-electron chi connectivity index (χ1n) is 5.81. The molecule has 94 valence electrons. The van der Waals surface area contributed by atoms with Crippen LogP contribution in [0.1, 0.15) is 13.8 Å². The molecule has 0 N–H and O–H groups in total. The third kappa shape index (κ3) is 3.59. The molecule has 0 heterocycles. The summed E-state index contributed by atoms with van der Waals surface area (Å²) in [6.07, 6.45) is 0. The summed E-state index contributed by atoms with van der Waals surface area (Å²) in [5.74, 6) is 0.933. The fraction of sp³-hybridized carbons (Fsp3) is 0.462. The van der Waals surface area contributed by atoms with E-state index < -0.39 is 8.07 Å². The molecule has 0 aliphatic heterocycles. The zero-order valence-corrected chi connectivity index (χ0v) is 12.2. The van der Waals surface area contributed by atoms with Crippen LogP contribution in [0, 0.1) is 0 Å². The number of carbonyl (C=O) groups is 1. The fourth-order valence-corrected chi connectivity index (χ4v) is 3.11. The van der Waals surface area contributed by atoms with E-state index >= 15 is 0 Å². The largest absolute Gasteiger partial charge is 0.490 e. The van der Waals surface area contributed by atoms with Gasteiger partial charge in [-0.1, -0.05) is 31.8 Å². The van der Waals surface area contributed by atoms with Gasteiger partial charge in [0, 0.05) is 6.92 Å². The van der Waals surface area contributed by atoms with Crippen LogP contribution in [0.3, 0.4) is 0 Å². The van der Waals surface area contributed by atoms with Gasteiger partial charge < -0.3 is 9.47 Å². The Morgan fingerprint density at radius 3 is 2.41 bits per heavy atom. The van der Waals surface area contributed by atoms with Crippen molar-refractivity contribution in [1.82, 2.24) is 0 Å². The summed E-state index contributed by atoms with van der Waals surface area (Å²) < 4.78 is 10.8. The summed E-state index contributed by atoms with van der Waals surface area (Å²) in [6.45, 7) is 10.6. The maximum atomic E-state index is 11.1. The minimum atomic E-state index is -1.51. The number of esters is 1. The van der Waals surface area contributed by atoms with E-state index in [1.807, 2.05) is 13.0 Å². The summed E-state index contributed by atoms with van der Waals surface area (Å²) in [7, 11) is -1.51. The highest BCUT2D eigenvalue weighted by atomic mass is 28.3. The van der Waals surface area contributed by atoms with Crippen LogP contribution in [0.2, 0.25) is 19.6 Å². The van der Waals surface area contributed by atoms with Crippen molar-refractivity contribution in [2.45, 2.75) is 33.5 Å². The molecule has 0 aliphatic carbocycles. The van der Waals surface area contributed by atoms with Gasteiger partial charge in [-0.2, -0.15) is 0 Å². The van der Waals surface area contributed by atoms with Crippen LogP contribution in [0.15, 0.2) is 18.2 Å². The Morgan fingerprint density at radius 1 is 1.29 bits per heavy atom. The average molecular weight is 252 g/mol. The zero-order valence-electron chi connectivity index (χ0n) is 11.2. The molecule has 1 aromatic carbocycles. The van der Waals surface area contributed by atoms with Crippen molar-refractivity contribution in [2.24, 2.45) is 0 Å². The molecule has 0 spiro atoms. The third-order valence-corrected chi connectivity index (χ3v) is 4.34. The Kier molecular flexibility index (Phi) is 4.34. The Bertz CT molecular complexity index is 408. The zero-order chi connectivity index (χ0) is 13.1. The molecule has 0 bridgehead atoms. The van der Waals surface area contributed by atoms with E-state index in [1.54, 1.807) is 6.07 Å². The number of para-hydroxylation sites is 1. The van der Waals surface area contributed by atoms with Crippen LogP contribution in [0.4, 0.5) is 0 Å². The minimum Gasteiger partial charge on any atom is -0.490 e. The molecule has 3 nitrogen and oxygen atoms in total. The van der Waals surface area contributed by atoms with Crippen LogP contribution in [0.5, 0.6) is 11.5 Å². The van der Waals surface area contributed by atoms with E-state index in [-0.39, 0.29) is 5.97 Å². The lowest BCUT2D eigenvalue weighted by Gasteiger charge is -2.22. The van der Waals surface area contributed by atoms with E-state index in [9.17, 15) is 4.79 Å². The van der Waals surface area contributed by atoms with Crippen LogP contribution in [-0.4, -0.2) is 20.7 Å². The molecule has 1 aromatic rings. The quantitative estimate of drug-likeness (QED) is 0.469. The molecule has 0 atom stereocenters. The normalized spacial score (nSPS) is 11.1. The van der Waals surface area contributed by atoms with Crippen LogP contribution >= 0.6 is 0 Å². The summed E-state index contributed by atoms with van der Waals surface area (Å²) in [5.41, 5.74) is 0. The monoisotopic (exact) mass is 252 g/mol. The number of carbonyl (C=O) groups excluding carboxylic acids is 1. The van der Waals surface area contributed by atoms with Gasteiger partial charge in [-0.15, -0.1) is 0 Å². The van der Waals surface area contributed by atoms with Crippen molar-refractivity contribution in [3.05, 3.63) is 18.2 Å². The smallest absolute Gasteiger partial charge is 0.308 e. The second-order valence-electron chi connectivity index (χ2n) is 4.91. The maximum absolute atomic E-state index is 11.1. The molecule has 0 radical (unpaired) electrons. The molecule has 17 heavy (non-hydrogen) atoms. The predicted molar refractivity (Wildman–Crippen MR) is 71.9 cm³/mol. The van der Waals surface area contributed by atoms with Crippen molar-refractivity contribution in [3.8, 4) is 11.5 Å². The topological polar surface area (TPSA) is 35.5 Å². The Morgan fingerprint density at radius 2 is 1.94 bits per heavy atom. The van der Waals surface area contributed by atoms with E-state index in [1.165, 1.54) is 12.1 Å². The van der Waals surface area contributed by atoms with Gasteiger partial charge in [0.1, 0.15) is 0 Å². The number of ether oxygens (including phenoxy) is 2. The standard InChI is InChI=1S/C13H20O3Si/c1-6-15-13-11(16-10(2)14)8-7-9-12(13)17(3,4)5/h7-9H,6H2,1-5H3. The van der Waals surface area contributed by atoms with Gasteiger partial charge in [0.25, 0.3) is 0 Å². The minimum absolute atomic E-state index is 0.321. The summed E-state index contributed by atoms with van der Waals surface area (Å²) in [6, 6.07) is 5.74. The van der Waals surface area contributed by atoms with Gasteiger partial charge in [0.2, 0.25) is 0 Å². The van der Waals surface area contributed by atoms with Crippen molar-refractivity contribution >= 4 is 19.2 Å². The number of hydrogen-bond donors (Lipinski definition) is 0. The molecular weight excluding hydrogens is 232 g/mol. The first kappa shape index (κ1) is 13.8. The maximum Gasteiger partial charge on any atom is 0.308 e. The first-order chi connectivity index (χ1) is 7.86. The van der Waals surface area contributed by atoms with Gasteiger partial charge in [-0.25, -0.2) is 0 Å². The summed E-state index contributed by atoms with van der Waals surface area (Å²) in [5, 5.41) is 1.18. The molecule has 0 saturated carbocycles. The molecule has 0 fully saturated rings. The molecule has 0 aromatic heterocycles. The van der Waals surface area contributed by atoms with E-state index in [0.29, 0.717) is 12.4 Å². The predicted octanol–water partition coefficient (Wildman–Crippen LogP) is 2.56. The van der Waals surface area contributed by atoms with Crippen LogP contribution in [0.25, 0.3) is 0 Å². The molecule has 0 saturated heterocycles. The van der Waals surface area contributed by atoms with Crippen molar-refractivity contribution in [1.29, 1.82) is 0 Å². The Hall–Kier alpha value is -1.29. The molecule has 0 aliphatic rings. The fourth-order valence-electron chi connectivity index (χ4n) is 1.63. The van der Waals surface area contributed by atoms with E-state index in [0.717, 1.165) is 5.75 Å². The van der Waals surface area contributed by atoms with Crippen LogP contribution < -0.4 is 14.7 Å². The van der Waals surface area contributed by atoms with Crippen molar-refractivity contribution in [3.63, 3.8) is 0 Å². The molecule has 1 rings (SSSR count). The SMILES string of the molecule is CCOc1c(OC(C)=O)cccc1[Si](C)(C)C. The van der Waals surface area contributed by atoms with E-state index in [2.05, 4.69) is 25.7 Å². The highest BCUT2D eigenvalue weighted by molar-refractivity contribution is 6.89. The summed E-state index contributed by atoms with van der Waals surface area (Å²) >= 11 is 0. The number of benzene rings is 1. The molecule has 0 unspecified atom stereocenters. The second kappa shape index (κ2) is 5.36.